The van der Waals surface area contributed by atoms with Gasteiger partial charge in [0.15, 0.2) is 0 Å². The zero-order chi connectivity index (χ0) is 10.1. The first kappa shape index (κ1) is 9.24. The highest BCUT2D eigenvalue weighted by Gasteiger charge is 2.18. The molecule has 0 aromatic carbocycles. The van der Waals surface area contributed by atoms with Crippen LogP contribution in [0.25, 0.3) is 0 Å². The lowest BCUT2D eigenvalue weighted by atomic mass is 10.2. The van der Waals surface area contributed by atoms with E-state index in [1.165, 1.54) is 0 Å². The molecule has 76 valence electrons. The van der Waals surface area contributed by atoms with Crippen LogP contribution in [0.3, 0.4) is 0 Å². The van der Waals surface area contributed by atoms with E-state index in [0.29, 0.717) is 12.1 Å². The average Bonchev–Trinajstić information content (AvgIpc) is 2.50. The van der Waals surface area contributed by atoms with Gasteiger partial charge >= 0.3 is 0 Å². The lowest BCUT2D eigenvalue weighted by Gasteiger charge is -2.23. The Hall–Kier alpha value is -1.32. The van der Waals surface area contributed by atoms with Gasteiger partial charge in [-0.1, -0.05) is 0 Å². The lowest BCUT2D eigenvalue weighted by Crippen LogP contribution is -2.33. The van der Waals surface area contributed by atoms with E-state index in [9.17, 15) is 0 Å². The molecule has 0 radical (unpaired) electrons. The topological polar surface area (TPSA) is 42.2 Å². The highest BCUT2D eigenvalue weighted by molar-refractivity contribution is 5.85. The van der Waals surface area contributed by atoms with Gasteiger partial charge in [0.1, 0.15) is 5.84 Å². The van der Waals surface area contributed by atoms with Gasteiger partial charge in [-0.25, -0.2) is 4.98 Å². The lowest BCUT2D eigenvalue weighted by molar-refractivity contribution is 0.543. The third-order valence-corrected chi connectivity index (χ3v) is 2.30. The highest BCUT2D eigenvalue weighted by atomic mass is 15.2. The SMILES string of the molecule is CC(C)NC1=Nc2nccn2C(C)C1. The highest BCUT2D eigenvalue weighted by Crippen LogP contribution is 2.24. The van der Waals surface area contributed by atoms with Crippen LogP contribution in [-0.2, 0) is 0 Å². The molecule has 1 N–H and O–H groups in total. The van der Waals surface area contributed by atoms with Crippen molar-refractivity contribution in [1.29, 1.82) is 0 Å². The normalized spacial score (nSPS) is 20.6. The van der Waals surface area contributed by atoms with Crippen molar-refractivity contribution in [3.8, 4) is 0 Å². The fraction of sp³-hybridized carbons (Fsp3) is 0.600. The minimum atomic E-state index is 0.433. The number of amidine groups is 1. The van der Waals surface area contributed by atoms with Gasteiger partial charge in [-0.3, -0.25) is 0 Å². The van der Waals surface area contributed by atoms with Crippen molar-refractivity contribution < 1.29 is 0 Å². The summed E-state index contributed by atoms with van der Waals surface area (Å²) < 4.78 is 2.10. The Kier molecular flexibility index (Phi) is 2.27. The molecule has 1 unspecified atom stereocenters. The van der Waals surface area contributed by atoms with Gasteiger partial charge < -0.3 is 9.88 Å². The Morgan fingerprint density at radius 2 is 2.36 bits per heavy atom. The maximum atomic E-state index is 4.45. The molecule has 0 aliphatic carbocycles. The summed E-state index contributed by atoms with van der Waals surface area (Å²) in [4.78, 5) is 8.65. The summed E-state index contributed by atoms with van der Waals surface area (Å²) in [6, 6.07) is 0.883. The van der Waals surface area contributed by atoms with Crippen molar-refractivity contribution in [2.45, 2.75) is 39.3 Å². The number of nitrogens with zero attached hydrogens (tertiary/aromatic N) is 3. The van der Waals surface area contributed by atoms with Crippen molar-refractivity contribution in [2.75, 3.05) is 0 Å². The predicted molar refractivity (Wildman–Crippen MR) is 56.9 cm³/mol. The minimum absolute atomic E-state index is 0.433. The van der Waals surface area contributed by atoms with Crippen LogP contribution in [-0.4, -0.2) is 21.4 Å². The molecule has 1 aliphatic rings. The van der Waals surface area contributed by atoms with E-state index in [2.05, 4.69) is 40.6 Å². The molecule has 1 aliphatic heterocycles. The number of aliphatic imine (C=N–C) groups is 1. The molecule has 14 heavy (non-hydrogen) atoms. The fourth-order valence-corrected chi connectivity index (χ4v) is 1.70. The largest absolute Gasteiger partial charge is 0.371 e. The number of aromatic nitrogens is 2. The Labute approximate surface area is 84.1 Å². The zero-order valence-corrected chi connectivity index (χ0v) is 8.86. The van der Waals surface area contributed by atoms with E-state index in [-0.39, 0.29) is 0 Å². The van der Waals surface area contributed by atoms with Crippen LogP contribution in [0.15, 0.2) is 17.4 Å². The van der Waals surface area contributed by atoms with Gasteiger partial charge in [-0.05, 0) is 20.8 Å². The molecule has 4 nitrogen and oxygen atoms in total. The first-order valence-electron chi connectivity index (χ1n) is 5.03. The summed E-state index contributed by atoms with van der Waals surface area (Å²) >= 11 is 0. The second kappa shape index (κ2) is 3.44. The fourth-order valence-electron chi connectivity index (χ4n) is 1.70. The number of fused-ring (bicyclic) bond motifs is 1. The minimum Gasteiger partial charge on any atom is -0.371 e. The monoisotopic (exact) mass is 192 g/mol. The van der Waals surface area contributed by atoms with Crippen molar-refractivity contribution in [3.63, 3.8) is 0 Å². The van der Waals surface area contributed by atoms with E-state index in [1.807, 2.05) is 6.20 Å². The quantitative estimate of drug-likeness (QED) is 0.738. The second-order valence-electron chi connectivity index (χ2n) is 4.05. The van der Waals surface area contributed by atoms with Crippen LogP contribution in [0.1, 0.15) is 33.2 Å². The molecular weight excluding hydrogens is 176 g/mol. The number of hydrogen-bond acceptors (Lipinski definition) is 3. The summed E-state index contributed by atoms with van der Waals surface area (Å²) in [5, 5.41) is 3.34. The summed E-state index contributed by atoms with van der Waals surface area (Å²) in [6.07, 6.45) is 4.74. The van der Waals surface area contributed by atoms with E-state index in [1.54, 1.807) is 6.20 Å². The van der Waals surface area contributed by atoms with Gasteiger partial charge in [0, 0.05) is 30.9 Å². The Morgan fingerprint density at radius 3 is 3.07 bits per heavy atom. The molecule has 2 heterocycles. The summed E-state index contributed by atoms with van der Waals surface area (Å²) in [6.45, 7) is 6.42. The van der Waals surface area contributed by atoms with Gasteiger partial charge in [-0.2, -0.15) is 4.99 Å². The van der Waals surface area contributed by atoms with Gasteiger partial charge in [-0.15, -0.1) is 0 Å². The maximum absolute atomic E-state index is 4.45. The predicted octanol–water partition coefficient (Wildman–Crippen LogP) is 1.88. The summed E-state index contributed by atoms with van der Waals surface area (Å²) in [7, 11) is 0. The number of imidazole rings is 1. The molecular formula is C10H16N4. The van der Waals surface area contributed by atoms with Crippen molar-refractivity contribution in [2.24, 2.45) is 4.99 Å². The van der Waals surface area contributed by atoms with Crippen LogP contribution >= 0.6 is 0 Å². The second-order valence-corrected chi connectivity index (χ2v) is 4.05. The first-order valence-corrected chi connectivity index (χ1v) is 5.03. The maximum Gasteiger partial charge on any atom is 0.231 e. The summed E-state index contributed by atoms with van der Waals surface area (Å²) in [5.74, 6) is 1.86. The van der Waals surface area contributed by atoms with E-state index in [0.717, 1.165) is 18.2 Å². The van der Waals surface area contributed by atoms with Gasteiger partial charge in [0.25, 0.3) is 0 Å². The molecule has 1 aromatic heterocycles. The van der Waals surface area contributed by atoms with Crippen LogP contribution < -0.4 is 5.32 Å². The average molecular weight is 192 g/mol. The third kappa shape index (κ3) is 1.64. The van der Waals surface area contributed by atoms with Crippen molar-refractivity contribution in [3.05, 3.63) is 12.4 Å². The number of hydrogen-bond donors (Lipinski definition) is 1. The van der Waals surface area contributed by atoms with Gasteiger partial charge in [0.2, 0.25) is 5.95 Å². The van der Waals surface area contributed by atoms with Crippen LogP contribution in [0, 0.1) is 0 Å². The molecule has 0 spiro atoms. The van der Waals surface area contributed by atoms with Crippen molar-refractivity contribution >= 4 is 11.8 Å². The van der Waals surface area contributed by atoms with E-state index < -0.39 is 0 Å². The van der Waals surface area contributed by atoms with E-state index in [4.69, 9.17) is 0 Å². The number of nitrogens with one attached hydrogen (secondary N) is 1. The molecule has 1 aromatic rings. The summed E-state index contributed by atoms with van der Waals surface area (Å²) in [5.41, 5.74) is 0. The first-order chi connectivity index (χ1) is 6.66. The van der Waals surface area contributed by atoms with Gasteiger partial charge in [0.05, 0.1) is 0 Å². The zero-order valence-electron chi connectivity index (χ0n) is 8.86. The molecule has 1 atom stereocenters. The number of rotatable bonds is 1. The molecule has 2 rings (SSSR count). The Balaban J connectivity index is 2.24. The molecule has 4 heteroatoms. The van der Waals surface area contributed by atoms with Crippen LogP contribution in [0.5, 0.6) is 0 Å². The smallest absolute Gasteiger partial charge is 0.231 e. The molecule has 0 fully saturated rings. The third-order valence-electron chi connectivity index (χ3n) is 2.30. The van der Waals surface area contributed by atoms with Crippen LogP contribution in [0.2, 0.25) is 0 Å². The van der Waals surface area contributed by atoms with E-state index >= 15 is 0 Å². The van der Waals surface area contributed by atoms with Crippen molar-refractivity contribution in [1.82, 2.24) is 14.9 Å². The standard InChI is InChI=1S/C10H16N4/c1-7(2)12-9-6-8(3)14-5-4-11-10(14)13-9/h4-5,7-8H,6H2,1-3H3,(H,11,12,13). The Morgan fingerprint density at radius 1 is 1.57 bits per heavy atom. The molecule has 0 bridgehead atoms. The molecule has 0 saturated heterocycles. The molecule has 0 amide bonds. The van der Waals surface area contributed by atoms with Crippen LogP contribution in [0.4, 0.5) is 5.95 Å². The Bertz CT molecular complexity index is 351. The molecule has 0 saturated carbocycles.